The second kappa shape index (κ2) is 5.45. The minimum atomic E-state index is 0.720. The van der Waals surface area contributed by atoms with Crippen molar-refractivity contribution in [1.82, 2.24) is 14.9 Å². The van der Waals surface area contributed by atoms with Crippen molar-refractivity contribution >= 4 is 5.82 Å². The van der Waals surface area contributed by atoms with Gasteiger partial charge in [-0.15, -0.1) is 0 Å². The first-order chi connectivity index (χ1) is 8.22. The van der Waals surface area contributed by atoms with Crippen LogP contribution in [-0.2, 0) is 6.54 Å². The van der Waals surface area contributed by atoms with Gasteiger partial charge < -0.3 is 5.32 Å². The van der Waals surface area contributed by atoms with Gasteiger partial charge in [0, 0.05) is 24.8 Å². The molecule has 1 aromatic rings. The first-order valence-corrected chi connectivity index (χ1v) is 6.49. The quantitative estimate of drug-likeness (QED) is 0.867. The van der Waals surface area contributed by atoms with Crippen LogP contribution in [0.3, 0.4) is 0 Å². The highest BCUT2D eigenvalue weighted by molar-refractivity contribution is 5.34. The summed E-state index contributed by atoms with van der Waals surface area (Å²) in [6.45, 7) is 6.35. The lowest BCUT2D eigenvalue weighted by atomic mass is 10.2. The SMILES string of the molecule is CCC1CCCN1Cc1nc(C)cc(NC)n1. The number of hydrogen-bond donors (Lipinski definition) is 1. The Labute approximate surface area is 103 Å². The summed E-state index contributed by atoms with van der Waals surface area (Å²) in [6.07, 6.45) is 3.86. The molecule has 4 nitrogen and oxygen atoms in total. The van der Waals surface area contributed by atoms with Gasteiger partial charge in [0.1, 0.15) is 11.6 Å². The fraction of sp³-hybridized carbons (Fsp3) is 0.692. The summed E-state index contributed by atoms with van der Waals surface area (Å²) in [5, 5.41) is 3.09. The third kappa shape index (κ3) is 2.94. The molecule has 0 saturated carbocycles. The Bertz CT molecular complexity index is 378. The van der Waals surface area contributed by atoms with E-state index in [1.807, 2.05) is 20.0 Å². The van der Waals surface area contributed by atoms with Crippen molar-refractivity contribution in [3.8, 4) is 0 Å². The van der Waals surface area contributed by atoms with Gasteiger partial charge in [-0.1, -0.05) is 6.92 Å². The van der Waals surface area contributed by atoms with Crippen LogP contribution in [0.15, 0.2) is 6.07 Å². The maximum Gasteiger partial charge on any atom is 0.144 e. The summed E-state index contributed by atoms with van der Waals surface area (Å²) in [4.78, 5) is 11.5. The van der Waals surface area contributed by atoms with E-state index >= 15 is 0 Å². The van der Waals surface area contributed by atoms with Crippen LogP contribution in [0.5, 0.6) is 0 Å². The van der Waals surface area contributed by atoms with E-state index in [-0.39, 0.29) is 0 Å². The average molecular weight is 234 g/mol. The molecule has 1 atom stereocenters. The van der Waals surface area contributed by atoms with Gasteiger partial charge in [0.25, 0.3) is 0 Å². The third-order valence-corrected chi connectivity index (χ3v) is 3.47. The van der Waals surface area contributed by atoms with Gasteiger partial charge in [0.05, 0.1) is 6.54 Å². The summed E-state index contributed by atoms with van der Waals surface area (Å²) in [7, 11) is 1.90. The molecule has 17 heavy (non-hydrogen) atoms. The Morgan fingerprint density at radius 3 is 3.00 bits per heavy atom. The molecule has 0 bridgehead atoms. The Kier molecular flexibility index (Phi) is 3.94. The molecule has 1 unspecified atom stereocenters. The number of rotatable bonds is 4. The van der Waals surface area contributed by atoms with Crippen molar-refractivity contribution in [2.75, 3.05) is 18.9 Å². The van der Waals surface area contributed by atoms with E-state index in [0.717, 1.165) is 29.9 Å². The van der Waals surface area contributed by atoms with Crippen molar-refractivity contribution in [2.24, 2.45) is 0 Å². The Morgan fingerprint density at radius 2 is 2.29 bits per heavy atom. The van der Waals surface area contributed by atoms with Crippen LogP contribution in [0.25, 0.3) is 0 Å². The minimum Gasteiger partial charge on any atom is -0.373 e. The Balaban J connectivity index is 2.09. The van der Waals surface area contributed by atoms with Gasteiger partial charge in [-0.05, 0) is 32.7 Å². The molecule has 1 fully saturated rings. The molecular formula is C13H22N4. The summed E-state index contributed by atoms with van der Waals surface area (Å²) < 4.78 is 0. The molecule has 0 aromatic carbocycles. The van der Waals surface area contributed by atoms with Crippen LogP contribution in [-0.4, -0.2) is 34.5 Å². The molecule has 2 rings (SSSR count). The molecule has 1 aromatic heterocycles. The molecule has 1 aliphatic rings. The topological polar surface area (TPSA) is 41.1 Å². The van der Waals surface area contributed by atoms with Crippen molar-refractivity contribution in [3.05, 3.63) is 17.6 Å². The normalized spacial score (nSPS) is 20.8. The van der Waals surface area contributed by atoms with E-state index < -0.39 is 0 Å². The molecular weight excluding hydrogens is 212 g/mol. The van der Waals surface area contributed by atoms with Crippen LogP contribution >= 0.6 is 0 Å². The second-order valence-electron chi connectivity index (χ2n) is 4.74. The molecule has 1 N–H and O–H groups in total. The van der Waals surface area contributed by atoms with Crippen molar-refractivity contribution < 1.29 is 0 Å². The predicted molar refractivity (Wildman–Crippen MR) is 70.0 cm³/mol. The molecule has 2 heterocycles. The van der Waals surface area contributed by atoms with Crippen molar-refractivity contribution in [3.63, 3.8) is 0 Å². The van der Waals surface area contributed by atoms with Gasteiger partial charge in [0.2, 0.25) is 0 Å². The van der Waals surface area contributed by atoms with E-state index in [9.17, 15) is 0 Å². The highest BCUT2D eigenvalue weighted by Gasteiger charge is 2.23. The maximum atomic E-state index is 4.52. The van der Waals surface area contributed by atoms with Crippen molar-refractivity contribution in [2.45, 2.75) is 45.7 Å². The monoisotopic (exact) mass is 234 g/mol. The third-order valence-electron chi connectivity index (χ3n) is 3.47. The molecule has 1 saturated heterocycles. The smallest absolute Gasteiger partial charge is 0.144 e. The number of aryl methyl sites for hydroxylation is 1. The average Bonchev–Trinajstić information content (AvgIpc) is 2.75. The van der Waals surface area contributed by atoms with E-state index in [2.05, 4.69) is 27.1 Å². The largest absolute Gasteiger partial charge is 0.373 e. The van der Waals surface area contributed by atoms with Crippen LogP contribution in [0, 0.1) is 6.92 Å². The number of likely N-dealkylation sites (tertiary alicyclic amines) is 1. The minimum absolute atomic E-state index is 0.720. The molecule has 4 heteroatoms. The summed E-state index contributed by atoms with van der Waals surface area (Å²) in [5.74, 6) is 1.86. The van der Waals surface area contributed by atoms with Gasteiger partial charge in [-0.25, -0.2) is 9.97 Å². The van der Waals surface area contributed by atoms with Crippen LogP contribution in [0.1, 0.15) is 37.7 Å². The molecule has 1 aliphatic heterocycles. The lowest BCUT2D eigenvalue weighted by Gasteiger charge is -2.22. The molecule has 0 spiro atoms. The standard InChI is InChI=1S/C13H22N4/c1-4-11-6-5-7-17(11)9-13-15-10(2)8-12(14-3)16-13/h8,11H,4-7,9H2,1-3H3,(H,14,15,16). The van der Waals surface area contributed by atoms with E-state index in [1.165, 1.54) is 25.8 Å². The highest BCUT2D eigenvalue weighted by atomic mass is 15.2. The highest BCUT2D eigenvalue weighted by Crippen LogP contribution is 2.21. The fourth-order valence-corrected chi connectivity index (χ4v) is 2.58. The van der Waals surface area contributed by atoms with Gasteiger partial charge in [0.15, 0.2) is 0 Å². The van der Waals surface area contributed by atoms with Gasteiger partial charge in [-0.2, -0.15) is 0 Å². The molecule has 94 valence electrons. The zero-order valence-corrected chi connectivity index (χ0v) is 11.0. The molecule has 0 radical (unpaired) electrons. The first-order valence-electron chi connectivity index (χ1n) is 6.49. The van der Waals surface area contributed by atoms with Crippen molar-refractivity contribution in [1.29, 1.82) is 0 Å². The molecule has 0 amide bonds. The summed E-state index contributed by atoms with van der Waals surface area (Å²) in [6, 6.07) is 2.70. The lowest BCUT2D eigenvalue weighted by molar-refractivity contribution is 0.234. The lowest BCUT2D eigenvalue weighted by Crippen LogP contribution is -2.29. The van der Waals surface area contributed by atoms with Crippen LogP contribution in [0.4, 0.5) is 5.82 Å². The summed E-state index contributed by atoms with van der Waals surface area (Å²) >= 11 is 0. The van der Waals surface area contributed by atoms with E-state index in [4.69, 9.17) is 0 Å². The Morgan fingerprint density at radius 1 is 1.47 bits per heavy atom. The predicted octanol–water partition coefficient (Wildman–Crippen LogP) is 2.20. The Hall–Kier alpha value is -1.16. The fourth-order valence-electron chi connectivity index (χ4n) is 2.58. The summed E-state index contributed by atoms with van der Waals surface area (Å²) in [5.41, 5.74) is 1.03. The second-order valence-corrected chi connectivity index (χ2v) is 4.74. The zero-order chi connectivity index (χ0) is 12.3. The zero-order valence-electron chi connectivity index (χ0n) is 11.0. The number of nitrogens with one attached hydrogen (secondary N) is 1. The number of nitrogens with zero attached hydrogens (tertiary/aromatic N) is 3. The number of hydrogen-bond acceptors (Lipinski definition) is 4. The van der Waals surface area contributed by atoms with Crippen LogP contribution in [0.2, 0.25) is 0 Å². The van der Waals surface area contributed by atoms with E-state index in [0.29, 0.717) is 0 Å². The van der Waals surface area contributed by atoms with Gasteiger partial charge in [-0.3, -0.25) is 4.90 Å². The van der Waals surface area contributed by atoms with Crippen LogP contribution < -0.4 is 5.32 Å². The van der Waals surface area contributed by atoms with E-state index in [1.54, 1.807) is 0 Å². The first kappa shape index (κ1) is 12.3. The number of aromatic nitrogens is 2. The number of anilines is 1. The van der Waals surface area contributed by atoms with Gasteiger partial charge >= 0.3 is 0 Å². The molecule has 0 aliphatic carbocycles. The maximum absolute atomic E-state index is 4.52.